The Balaban J connectivity index is 3.83. The van der Waals surface area contributed by atoms with E-state index in [1.54, 1.807) is 7.11 Å². The number of hydrogen-bond donors (Lipinski definition) is 0. The van der Waals surface area contributed by atoms with Crippen LogP contribution in [0.3, 0.4) is 0 Å². The number of allylic oxidation sites excluding steroid dienone is 1. The van der Waals surface area contributed by atoms with Crippen molar-refractivity contribution in [2.75, 3.05) is 13.3 Å². The van der Waals surface area contributed by atoms with Crippen LogP contribution >= 0.6 is 0 Å². The molecule has 0 heterocycles. The molecule has 0 aromatic rings. The third kappa shape index (κ3) is 4.30. The summed E-state index contributed by atoms with van der Waals surface area (Å²) in [5.41, 5.74) is 0. The Morgan fingerprint density at radius 3 is 2.33 bits per heavy atom. The first kappa shape index (κ1) is 11.4. The average molecular weight is 188 g/mol. The second kappa shape index (κ2) is 4.42. The number of ketones is 1. The fraction of sp³-hybridized carbons (Fsp3) is 0.625. The molecule has 0 spiro atoms. The van der Waals surface area contributed by atoms with E-state index < -0.39 is 8.32 Å². The maximum absolute atomic E-state index is 10.7. The summed E-state index contributed by atoms with van der Waals surface area (Å²) in [5.74, 6) is 0.0866. The van der Waals surface area contributed by atoms with Crippen molar-refractivity contribution in [2.24, 2.45) is 0 Å². The monoisotopic (exact) mass is 188 g/mol. The summed E-state index contributed by atoms with van der Waals surface area (Å²) in [5, 5.41) is 0. The number of ether oxygens (including phenoxy) is 1. The molecule has 0 radical (unpaired) electrons. The number of rotatable bonds is 5. The summed E-state index contributed by atoms with van der Waals surface area (Å²) in [7, 11) is -0.0624. The van der Waals surface area contributed by atoms with E-state index in [1.807, 2.05) is 13.1 Å². The van der Waals surface area contributed by atoms with Gasteiger partial charge in [0, 0.05) is 14.0 Å². The summed E-state index contributed by atoms with van der Waals surface area (Å²) in [6, 6.07) is 0. The first-order valence-electron chi connectivity index (χ1n) is 3.77. The molecule has 0 atom stereocenters. The van der Waals surface area contributed by atoms with Gasteiger partial charge in [0.05, 0.1) is 0 Å². The van der Waals surface area contributed by atoms with E-state index in [4.69, 9.17) is 9.16 Å². The zero-order valence-electron chi connectivity index (χ0n) is 8.14. The van der Waals surface area contributed by atoms with Gasteiger partial charge in [-0.2, -0.15) is 0 Å². The second-order valence-electron chi connectivity index (χ2n) is 3.23. The third-order valence-corrected chi connectivity index (χ3v) is 3.48. The standard InChI is InChI=1S/C8H16O3Si/c1-7(9)8(2)11-6-12(4,5)10-3/h2,6H2,1,3-5H3. The lowest BCUT2D eigenvalue weighted by Crippen LogP contribution is -2.35. The van der Waals surface area contributed by atoms with E-state index in [2.05, 4.69) is 6.58 Å². The van der Waals surface area contributed by atoms with Gasteiger partial charge in [0.1, 0.15) is 6.23 Å². The molecule has 0 amide bonds. The predicted octanol–water partition coefficient (Wildman–Crippen LogP) is 1.50. The summed E-state index contributed by atoms with van der Waals surface area (Å²) in [6.45, 7) is 8.95. The van der Waals surface area contributed by atoms with Crippen LogP contribution in [0.1, 0.15) is 6.92 Å². The Bertz CT molecular complexity index is 187. The summed E-state index contributed by atoms with van der Waals surface area (Å²) >= 11 is 0. The largest absolute Gasteiger partial charge is 0.491 e. The van der Waals surface area contributed by atoms with Gasteiger partial charge in [-0.1, -0.05) is 6.58 Å². The molecule has 70 valence electrons. The maximum atomic E-state index is 10.7. The van der Waals surface area contributed by atoms with Crippen LogP contribution in [0.25, 0.3) is 0 Å². The first-order chi connectivity index (χ1) is 5.39. The second-order valence-corrected chi connectivity index (χ2v) is 7.45. The zero-order valence-corrected chi connectivity index (χ0v) is 9.14. The molecule has 0 aromatic carbocycles. The Morgan fingerprint density at radius 2 is 2.00 bits per heavy atom. The van der Waals surface area contributed by atoms with Crippen LogP contribution in [0, 0.1) is 0 Å². The fourth-order valence-electron chi connectivity index (χ4n) is 0.421. The van der Waals surface area contributed by atoms with Crippen LogP contribution in [0.2, 0.25) is 13.1 Å². The first-order valence-corrected chi connectivity index (χ1v) is 6.88. The molecule has 0 bridgehead atoms. The van der Waals surface area contributed by atoms with Crippen molar-refractivity contribution in [3.05, 3.63) is 12.3 Å². The molecule has 0 fully saturated rings. The molecule has 0 aliphatic carbocycles. The van der Waals surface area contributed by atoms with E-state index in [0.717, 1.165) is 0 Å². The number of carbonyl (C=O) groups excluding carboxylic acids is 1. The smallest absolute Gasteiger partial charge is 0.224 e. The molecular formula is C8H16O3Si. The predicted molar refractivity (Wildman–Crippen MR) is 50.3 cm³/mol. The SMILES string of the molecule is C=C(OC[Si](C)(C)OC)C(C)=O. The molecule has 4 heteroatoms. The Kier molecular flexibility index (Phi) is 4.20. The van der Waals surface area contributed by atoms with Gasteiger partial charge in [-0.3, -0.25) is 4.79 Å². The lowest BCUT2D eigenvalue weighted by molar-refractivity contribution is -0.116. The zero-order chi connectivity index (χ0) is 9.78. The van der Waals surface area contributed by atoms with Gasteiger partial charge in [-0.05, 0) is 13.1 Å². The van der Waals surface area contributed by atoms with Crippen LogP contribution in [0.15, 0.2) is 12.3 Å². The molecule has 0 aliphatic heterocycles. The highest BCUT2D eigenvalue weighted by Gasteiger charge is 2.22. The third-order valence-electron chi connectivity index (χ3n) is 1.54. The number of hydrogen-bond acceptors (Lipinski definition) is 3. The van der Waals surface area contributed by atoms with Gasteiger partial charge in [-0.25, -0.2) is 0 Å². The van der Waals surface area contributed by atoms with Crippen molar-refractivity contribution < 1.29 is 14.0 Å². The van der Waals surface area contributed by atoms with Crippen molar-refractivity contribution in [2.45, 2.75) is 20.0 Å². The summed E-state index contributed by atoms with van der Waals surface area (Å²) < 4.78 is 10.4. The number of Topliss-reactive ketones (excluding diaryl/α,β-unsaturated/α-hetero) is 1. The molecular weight excluding hydrogens is 172 g/mol. The minimum absolute atomic E-state index is 0.129. The fourth-order valence-corrected chi connectivity index (χ4v) is 1.06. The van der Waals surface area contributed by atoms with Crippen molar-refractivity contribution in [1.29, 1.82) is 0 Å². The normalized spacial score (nSPS) is 11.0. The van der Waals surface area contributed by atoms with Crippen LogP contribution in [-0.2, 0) is 14.0 Å². The van der Waals surface area contributed by atoms with E-state index >= 15 is 0 Å². The lowest BCUT2D eigenvalue weighted by Gasteiger charge is -2.20. The van der Waals surface area contributed by atoms with E-state index in [1.165, 1.54) is 6.92 Å². The molecule has 0 aliphatic rings. The van der Waals surface area contributed by atoms with Gasteiger partial charge in [0.15, 0.2) is 11.5 Å². The van der Waals surface area contributed by atoms with E-state index in [9.17, 15) is 4.79 Å². The molecule has 12 heavy (non-hydrogen) atoms. The minimum atomic E-state index is -1.72. The molecule has 0 saturated carbocycles. The molecule has 0 rings (SSSR count). The molecule has 0 saturated heterocycles. The lowest BCUT2D eigenvalue weighted by atomic mass is 10.4. The van der Waals surface area contributed by atoms with Gasteiger partial charge >= 0.3 is 0 Å². The van der Waals surface area contributed by atoms with Gasteiger partial charge in [0.2, 0.25) is 8.32 Å². The van der Waals surface area contributed by atoms with E-state index in [0.29, 0.717) is 6.23 Å². The maximum Gasteiger partial charge on any atom is 0.224 e. The quantitative estimate of drug-likeness (QED) is 0.372. The van der Waals surface area contributed by atoms with Crippen molar-refractivity contribution in [3.8, 4) is 0 Å². The summed E-state index contributed by atoms with van der Waals surface area (Å²) in [6.07, 6.45) is 0.474. The highest BCUT2D eigenvalue weighted by Crippen LogP contribution is 2.05. The molecule has 3 nitrogen and oxygen atoms in total. The minimum Gasteiger partial charge on any atom is -0.491 e. The van der Waals surface area contributed by atoms with Crippen LogP contribution in [0.5, 0.6) is 0 Å². The van der Waals surface area contributed by atoms with Gasteiger partial charge in [-0.15, -0.1) is 0 Å². The van der Waals surface area contributed by atoms with Crippen LogP contribution in [-0.4, -0.2) is 27.4 Å². The Morgan fingerprint density at radius 1 is 1.50 bits per heavy atom. The molecule has 0 unspecified atom stereocenters. The van der Waals surface area contributed by atoms with Gasteiger partial charge in [0.25, 0.3) is 0 Å². The van der Waals surface area contributed by atoms with Crippen molar-refractivity contribution >= 4 is 14.1 Å². The molecule has 0 N–H and O–H groups in total. The van der Waals surface area contributed by atoms with Gasteiger partial charge < -0.3 is 9.16 Å². The summed E-state index contributed by atoms with van der Waals surface area (Å²) in [4.78, 5) is 10.7. The Hall–Kier alpha value is -0.613. The Labute approximate surface area is 74.5 Å². The van der Waals surface area contributed by atoms with Crippen molar-refractivity contribution in [1.82, 2.24) is 0 Å². The van der Waals surface area contributed by atoms with Crippen LogP contribution in [0.4, 0.5) is 0 Å². The molecule has 0 aromatic heterocycles. The highest BCUT2D eigenvalue weighted by molar-refractivity contribution is 6.71. The topological polar surface area (TPSA) is 35.5 Å². The van der Waals surface area contributed by atoms with E-state index in [-0.39, 0.29) is 11.5 Å². The average Bonchev–Trinajstić information content (AvgIpc) is 2.00. The highest BCUT2D eigenvalue weighted by atomic mass is 28.4. The van der Waals surface area contributed by atoms with Crippen molar-refractivity contribution in [3.63, 3.8) is 0 Å². The number of carbonyl (C=O) groups is 1. The van der Waals surface area contributed by atoms with Crippen LogP contribution < -0.4 is 0 Å².